The molecule has 0 unspecified atom stereocenters. The van der Waals surface area contributed by atoms with Crippen LogP contribution in [-0.2, 0) is 14.6 Å². The van der Waals surface area contributed by atoms with Crippen molar-refractivity contribution in [1.82, 2.24) is 9.88 Å². The van der Waals surface area contributed by atoms with E-state index in [-0.39, 0.29) is 4.90 Å². The summed E-state index contributed by atoms with van der Waals surface area (Å²) >= 11 is 0.843. The lowest BCUT2D eigenvalue weighted by Gasteiger charge is -2.17. The third-order valence-electron chi connectivity index (χ3n) is 5.42. The number of benzene rings is 2. The Kier molecular flexibility index (Phi) is 6.28. The zero-order valence-corrected chi connectivity index (χ0v) is 20.5. The molecule has 0 radical (unpaired) electrons. The number of hydrogen-bond acceptors (Lipinski definition) is 7. The van der Waals surface area contributed by atoms with E-state index in [1.807, 2.05) is 23.6 Å². The van der Waals surface area contributed by atoms with Gasteiger partial charge in [-0.05, 0) is 66.2 Å². The largest absolute Gasteiger partial charge is 0.497 e. The quantitative estimate of drug-likeness (QED) is 0.508. The summed E-state index contributed by atoms with van der Waals surface area (Å²) in [5.74, 6) is 0.773. The second-order valence-electron chi connectivity index (χ2n) is 7.59. The second-order valence-corrected chi connectivity index (χ2v) is 10.6. The highest BCUT2D eigenvalue weighted by molar-refractivity contribution is 8.18. The Hall–Kier alpha value is -3.50. The zero-order chi connectivity index (χ0) is 24.6. The number of carbonyl (C=O) groups excluding carboxylic acids is 2. The molecule has 0 saturated carbocycles. The number of ether oxygens (including phenoxy) is 2. The van der Waals surface area contributed by atoms with Gasteiger partial charge in [0.15, 0.2) is 9.84 Å². The van der Waals surface area contributed by atoms with Crippen LogP contribution in [0.3, 0.4) is 0 Å². The van der Waals surface area contributed by atoms with E-state index >= 15 is 0 Å². The SMILES string of the molecule is COc1ccc(OC)c(-n2c(-c3ccc(S(C)(=O)=O)cc3)cc(C=C3SC(=O)NC3=O)c2C)c1. The van der Waals surface area contributed by atoms with Crippen molar-refractivity contribution in [2.24, 2.45) is 0 Å². The van der Waals surface area contributed by atoms with Crippen LogP contribution < -0.4 is 14.8 Å². The van der Waals surface area contributed by atoms with E-state index in [9.17, 15) is 18.0 Å². The number of thioether (sulfide) groups is 1. The minimum atomic E-state index is -3.35. The van der Waals surface area contributed by atoms with E-state index in [0.717, 1.165) is 40.5 Å². The highest BCUT2D eigenvalue weighted by Gasteiger charge is 2.26. The average Bonchev–Trinajstić information content (AvgIpc) is 3.30. The first-order valence-electron chi connectivity index (χ1n) is 10.1. The third kappa shape index (κ3) is 4.46. The molecule has 8 nitrogen and oxygen atoms in total. The summed E-state index contributed by atoms with van der Waals surface area (Å²) in [7, 11) is -0.206. The number of aromatic nitrogens is 1. The van der Waals surface area contributed by atoms with Gasteiger partial charge in [-0.25, -0.2) is 8.42 Å². The predicted molar refractivity (Wildman–Crippen MR) is 131 cm³/mol. The Balaban J connectivity index is 1.96. The van der Waals surface area contributed by atoms with Gasteiger partial charge in [0.05, 0.1) is 35.4 Å². The number of amides is 2. The van der Waals surface area contributed by atoms with Crippen LogP contribution in [-0.4, -0.2) is 44.6 Å². The molecule has 0 atom stereocenters. The highest BCUT2D eigenvalue weighted by atomic mass is 32.2. The van der Waals surface area contributed by atoms with Crippen molar-refractivity contribution in [3.63, 3.8) is 0 Å². The molecule has 0 spiro atoms. The molecule has 1 aromatic heterocycles. The summed E-state index contributed by atoms with van der Waals surface area (Å²) in [6, 6.07) is 13.9. The van der Waals surface area contributed by atoms with E-state index in [2.05, 4.69) is 5.32 Å². The van der Waals surface area contributed by atoms with Crippen LogP contribution >= 0.6 is 11.8 Å². The van der Waals surface area contributed by atoms with Crippen molar-refractivity contribution in [2.75, 3.05) is 20.5 Å². The fourth-order valence-electron chi connectivity index (χ4n) is 3.70. The highest BCUT2D eigenvalue weighted by Crippen LogP contribution is 2.37. The molecule has 1 fully saturated rings. The van der Waals surface area contributed by atoms with Crippen LogP contribution in [0, 0.1) is 6.92 Å². The molecular formula is C24H22N2O6S2. The van der Waals surface area contributed by atoms with Crippen LogP contribution in [0.4, 0.5) is 4.79 Å². The maximum Gasteiger partial charge on any atom is 0.290 e. The molecule has 2 heterocycles. The summed E-state index contributed by atoms with van der Waals surface area (Å²) in [5.41, 5.74) is 3.70. The number of imide groups is 1. The number of methoxy groups -OCH3 is 2. The second kappa shape index (κ2) is 9.03. The van der Waals surface area contributed by atoms with Crippen molar-refractivity contribution < 1.29 is 27.5 Å². The maximum atomic E-state index is 12.1. The molecule has 1 aliphatic heterocycles. The Morgan fingerprint density at radius 2 is 1.71 bits per heavy atom. The number of nitrogens with one attached hydrogen (secondary N) is 1. The molecule has 1 saturated heterocycles. The van der Waals surface area contributed by atoms with E-state index in [1.165, 1.54) is 0 Å². The van der Waals surface area contributed by atoms with Gasteiger partial charge in [0.25, 0.3) is 11.1 Å². The van der Waals surface area contributed by atoms with Crippen molar-refractivity contribution in [2.45, 2.75) is 11.8 Å². The molecule has 0 aliphatic carbocycles. The monoisotopic (exact) mass is 498 g/mol. The Morgan fingerprint density at radius 1 is 1.00 bits per heavy atom. The molecule has 2 aromatic carbocycles. The molecule has 34 heavy (non-hydrogen) atoms. The topological polar surface area (TPSA) is 104 Å². The van der Waals surface area contributed by atoms with Gasteiger partial charge in [0.1, 0.15) is 11.5 Å². The number of carbonyl (C=O) groups is 2. The van der Waals surface area contributed by atoms with Crippen molar-refractivity contribution in [3.05, 3.63) is 64.7 Å². The lowest BCUT2D eigenvalue weighted by molar-refractivity contribution is -0.115. The van der Waals surface area contributed by atoms with E-state index in [4.69, 9.17) is 9.47 Å². The summed E-state index contributed by atoms with van der Waals surface area (Å²) in [5, 5.41) is 1.84. The number of sulfone groups is 1. The molecule has 1 aliphatic rings. The number of hydrogen-bond donors (Lipinski definition) is 1. The van der Waals surface area contributed by atoms with Gasteiger partial charge in [0.2, 0.25) is 0 Å². The normalized spacial score (nSPS) is 15.0. The van der Waals surface area contributed by atoms with Gasteiger partial charge in [-0.1, -0.05) is 12.1 Å². The molecule has 3 aromatic rings. The van der Waals surface area contributed by atoms with Crippen LogP contribution in [0.25, 0.3) is 23.0 Å². The fraction of sp³-hybridized carbons (Fsp3) is 0.167. The molecule has 10 heteroatoms. The standard InChI is InChI=1S/C24H22N2O6S2/c1-14-16(12-22-23(27)25-24(28)33-22)11-19(15-5-8-18(9-6-15)34(4,29)30)26(14)20-13-17(31-2)7-10-21(20)32-3/h5-13H,1-4H3,(H,25,27,28). The summed E-state index contributed by atoms with van der Waals surface area (Å²) < 4.78 is 36.8. The zero-order valence-electron chi connectivity index (χ0n) is 18.9. The van der Waals surface area contributed by atoms with Gasteiger partial charge < -0.3 is 14.0 Å². The molecular weight excluding hydrogens is 476 g/mol. The minimum Gasteiger partial charge on any atom is -0.497 e. The lowest BCUT2D eigenvalue weighted by atomic mass is 10.1. The van der Waals surface area contributed by atoms with Crippen LogP contribution in [0.15, 0.2) is 58.3 Å². The number of rotatable bonds is 6. The summed E-state index contributed by atoms with van der Waals surface area (Å²) in [6.45, 7) is 1.89. The first-order valence-corrected chi connectivity index (χ1v) is 12.8. The minimum absolute atomic E-state index is 0.213. The van der Waals surface area contributed by atoms with Crippen molar-refractivity contribution >= 4 is 38.8 Å². The smallest absolute Gasteiger partial charge is 0.290 e. The van der Waals surface area contributed by atoms with E-state index < -0.39 is 21.0 Å². The average molecular weight is 499 g/mol. The maximum absolute atomic E-state index is 12.1. The molecule has 1 N–H and O–H groups in total. The van der Waals surface area contributed by atoms with Gasteiger partial charge in [-0.3, -0.25) is 14.9 Å². The summed E-state index contributed by atoms with van der Waals surface area (Å²) in [4.78, 5) is 24.3. The fourth-order valence-corrected chi connectivity index (χ4v) is 5.01. The van der Waals surface area contributed by atoms with E-state index in [0.29, 0.717) is 22.1 Å². The third-order valence-corrected chi connectivity index (χ3v) is 7.36. The molecule has 0 bridgehead atoms. The summed E-state index contributed by atoms with van der Waals surface area (Å²) in [6.07, 6.45) is 2.82. The van der Waals surface area contributed by atoms with Crippen LogP contribution in [0.5, 0.6) is 11.5 Å². The first kappa shape index (κ1) is 23.7. The van der Waals surface area contributed by atoms with Gasteiger partial charge in [-0.15, -0.1) is 0 Å². The Bertz CT molecular complexity index is 1440. The van der Waals surface area contributed by atoms with Crippen molar-refractivity contribution in [1.29, 1.82) is 0 Å². The van der Waals surface area contributed by atoms with Gasteiger partial charge >= 0.3 is 0 Å². The molecule has 176 valence electrons. The first-order chi connectivity index (χ1) is 16.1. The van der Waals surface area contributed by atoms with Crippen LogP contribution in [0.2, 0.25) is 0 Å². The molecule has 4 rings (SSSR count). The predicted octanol–water partition coefficient (Wildman–Crippen LogP) is 4.20. The Labute approximate surface area is 201 Å². The lowest BCUT2D eigenvalue weighted by Crippen LogP contribution is -2.17. The van der Waals surface area contributed by atoms with Crippen LogP contribution in [0.1, 0.15) is 11.3 Å². The van der Waals surface area contributed by atoms with Gasteiger partial charge in [0, 0.05) is 18.0 Å². The molecule has 2 amide bonds. The van der Waals surface area contributed by atoms with Gasteiger partial charge in [-0.2, -0.15) is 0 Å². The number of nitrogens with zero attached hydrogens (tertiary/aromatic N) is 1. The van der Waals surface area contributed by atoms with E-state index in [1.54, 1.807) is 56.7 Å². The van der Waals surface area contributed by atoms with Crippen molar-refractivity contribution in [3.8, 4) is 28.4 Å². The Morgan fingerprint density at radius 3 is 2.26 bits per heavy atom.